The normalized spacial score (nSPS) is 10.8. The molecule has 1 rings (SSSR count). The van der Waals surface area contributed by atoms with Crippen molar-refractivity contribution < 1.29 is 0 Å². The summed E-state index contributed by atoms with van der Waals surface area (Å²) in [6.07, 6.45) is 1.76. The largest absolute Gasteiger partial charge is 0.245 e. The van der Waals surface area contributed by atoms with Gasteiger partial charge in [0.1, 0.15) is 11.8 Å². The first kappa shape index (κ1) is 8.73. The molecule has 0 bridgehead atoms. The molecule has 1 aromatic heterocycles. The fraction of sp³-hybridized carbons (Fsp3) is 0.400. The lowest BCUT2D eigenvalue weighted by Gasteiger charge is -2.17. The average Bonchev–Trinajstić information content (AvgIpc) is 2.03. The van der Waals surface area contributed by atoms with Gasteiger partial charge in [-0.3, -0.25) is 0 Å². The van der Waals surface area contributed by atoms with Crippen LogP contribution in [0.25, 0.3) is 0 Å². The second kappa shape index (κ2) is 2.94. The van der Waals surface area contributed by atoms with Gasteiger partial charge in [-0.1, -0.05) is 26.8 Å². The smallest absolute Gasteiger partial charge is 0.140 e. The number of hydrogen-bond acceptors (Lipinski definition) is 2. The van der Waals surface area contributed by atoms with Crippen LogP contribution in [0.4, 0.5) is 0 Å². The predicted molar refractivity (Wildman–Crippen MR) is 47.7 cm³/mol. The van der Waals surface area contributed by atoms with Crippen LogP contribution in [0.2, 0.25) is 0 Å². The number of aromatic nitrogens is 1. The average molecular weight is 160 g/mol. The minimum absolute atomic E-state index is 0.112. The molecule has 0 amide bonds. The van der Waals surface area contributed by atoms with Crippen LogP contribution in [0.1, 0.15) is 32.0 Å². The topological polar surface area (TPSA) is 36.7 Å². The first-order chi connectivity index (χ1) is 5.54. The van der Waals surface area contributed by atoms with Crippen molar-refractivity contribution in [2.45, 2.75) is 26.2 Å². The lowest BCUT2D eigenvalue weighted by Crippen LogP contribution is -2.11. The number of rotatable bonds is 0. The fourth-order valence-corrected chi connectivity index (χ4v) is 0.904. The Morgan fingerprint density at radius 3 is 2.33 bits per heavy atom. The molecule has 12 heavy (non-hydrogen) atoms. The van der Waals surface area contributed by atoms with Gasteiger partial charge in [0.25, 0.3) is 0 Å². The highest BCUT2D eigenvalue weighted by Gasteiger charge is 2.13. The van der Waals surface area contributed by atoms with E-state index < -0.39 is 0 Å². The van der Waals surface area contributed by atoms with E-state index in [0.717, 1.165) is 5.56 Å². The summed E-state index contributed by atoms with van der Waals surface area (Å²) in [6, 6.07) is 5.70. The molecule has 0 atom stereocenters. The van der Waals surface area contributed by atoms with Gasteiger partial charge in [-0.05, 0) is 17.0 Å². The maximum absolute atomic E-state index is 8.52. The molecule has 1 heterocycles. The van der Waals surface area contributed by atoms with Crippen LogP contribution in [-0.2, 0) is 5.41 Å². The number of nitrogens with zero attached hydrogens (tertiary/aromatic N) is 2. The van der Waals surface area contributed by atoms with Crippen LogP contribution in [0.15, 0.2) is 18.3 Å². The Morgan fingerprint density at radius 2 is 2.00 bits per heavy atom. The Morgan fingerprint density at radius 1 is 1.33 bits per heavy atom. The Kier molecular flexibility index (Phi) is 2.14. The zero-order valence-corrected chi connectivity index (χ0v) is 7.63. The lowest BCUT2D eigenvalue weighted by molar-refractivity contribution is 0.587. The lowest BCUT2D eigenvalue weighted by atomic mass is 9.88. The summed E-state index contributed by atoms with van der Waals surface area (Å²) in [6.45, 7) is 6.36. The molecule has 0 fully saturated rings. The molecule has 0 radical (unpaired) electrons. The molecule has 0 saturated carbocycles. The monoisotopic (exact) mass is 160 g/mol. The van der Waals surface area contributed by atoms with Gasteiger partial charge < -0.3 is 0 Å². The summed E-state index contributed by atoms with van der Waals surface area (Å²) >= 11 is 0. The minimum atomic E-state index is 0.112. The van der Waals surface area contributed by atoms with E-state index in [1.54, 1.807) is 12.3 Å². The van der Waals surface area contributed by atoms with Gasteiger partial charge in [-0.25, -0.2) is 4.98 Å². The number of pyridine rings is 1. The molecule has 2 heteroatoms. The summed E-state index contributed by atoms with van der Waals surface area (Å²) in [4.78, 5) is 4.00. The second-order valence-electron chi connectivity index (χ2n) is 3.79. The molecule has 62 valence electrons. The molecule has 1 aromatic rings. The van der Waals surface area contributed by atoms with Crippen LogP contribution >= 0.6 is 0 Å². The molecular formula is C10H12N2. The SMILES string of the molecule is CC(C)(C)c1ccc(C#N)nc1. The van der Waals surface area contributed by atoms with Crippen LogP contribution in [0.3, 0.4) is 0 Å². The van der Waals surface area contributed by atoms with Gasteiger partial charge in [0.15, 0.2) is 0 Å². The van der Waals surface area contributed by atoms with Gasteiger partial charge >= 0.3 is 0 Å². The molecule has 0 unspecified atom stereocenters. The Labute approximate surface area is 72.9 Å². The van der Waals surface area contributed by atoms with Crippen molar-refractivity contribution in [1.82, 2.24) is 4.98 Å². The van der Waals surface area contributed by atoms with Crippen molar-refractivity contribution in [2.75, 3.05) is 0 Å². The molecule has 0 aromatic carbocycles. The third kappa shape index (κ3) is 1.82. The van der Waals surface area contributed by atoms with Crippen molar-refractivity contribution in [3.63, 3.8) is 0 Å². The first-order valence-corrected chi connectivity index (χ1v) is 3.90. The van der Waals surface area contributed by atoms with Gasteiger partial charge in [0.05, 0.1) is 0 Å². The van der Waals surface area contributed by atoms with Crippen LogP contribution < -0.4 is 0 Å². The third-order valence-electron chi connectivity index (χ3n) is 1.74. The molecule has 0 N–H and O–H groups in total. The molecular weight excluding hydrogens is 148 g/mol. The minimum Gasteiger partial charge on any atom is -0.245 e. The zero-order valence-electron chi connectivity index (χ0n) is 7.63. The summed E-state index contributed by atoms with van der Waals surface area (Å²) < 4.78 is 0. The highest BCUT2D eigenvalue weighted by molar-refractivity contribution is 5.26. The molecule has 2 nitrogen and oxygen atoms in total. The summed E-state index contributed by atoms with van der Waals surface area (Å²) in [7, 11) is 0. The summed E-state index contributed by atoms with van der Waals surface area (Å²) in [5.74, 6) is 0. The van der Waals surface area contributed by atoms with E-state index >= 15 is 0 Å². The van der Waals surface area contributed by atoms with Crippen LogP contribution in [0.5, 0.6) is 0 Å². The van der Waals surface area contributed by atoms with Crippen molar-refractivity contribution in [3.05, 3.63) is 29.6 Å². The predicted octanol–water partition coefficient (Wildman–Crippen LogP) is 2.25. The summed E-state index contributed by atoms with van der Waals surface area (Å²) in [5.41, 5.74) is 1.74. The van der Waals surface area contributed by atoms with Crippen molar-refractivity contribution in [1.29, 1.82) is 5.26 Å². The van der Waals surface area contributed by atoms with Crippen LogP contribution in [-0.4, -0.2) is 4.98 Å². The standard InChI is InChI=1S/C10H12N2/c1-10(2,3)8-4-5-9(6-11)12-7-8/h4-5,7H,1-3H3. The van der Waals surface area contributed by atoms with E-state index in [1.165, 1.54) is 0 Å². The molecule has 0 aliphatic carbocycles. The second-order valence-corrected chi connectivity index (χ2v) is 3.79. The Hall–Kier alpha value is -1.36. The molecule has 0 saturated heterocycles. The maximum Gasteiger partial charge on any atom is 0.140 e. The number of hydrogen-bond donors (Lipinski definition) is 0. The quantitative estimate of drug-likeness (QED) is 0.583. The Bertz CT molecular complexity index is 298. The van der Waals surface area contributed by atoms with E-state index in [4.69, 9.17) is 5.26 Å². The molecule has 0 aliphatic rings. The fourth-order valence-electron chi connectivity index (χ4n) is 0.904. The van der Waals surface area contributed by atoms with Crippen LogP contribution in [0, 0.1) is 11.3 Å². The van der Waals surface area contributed by atoms with E-state index in [9.17, 15) is 0 Å². The van der Waals surface area contributed by atoms with Crippen molar-refractivity contribution >= 4 is 0 Å². The van der Waals surface area contributed by atoms with Gasteiger partial charge in [-0.15, -0.1) is 0 Å². The highest BCUT2D eigenvalue weighted by atomic mass is 14.7. The zero-order chi connectivity index (χ0) is 9.19. The first-order valence-electron chi connectivity index (χ1n) is 3.90. The Balaban J connectivity index is 3.02. The van der Waals surface area contributed by atoms with Gasteiger partial charge in [0, 0.05) is 6.20 Å². The third-order valence-corrected chi connectivity index (χ3v) is 1.74. The van der Waals surface area contributed by atoms with E-state index in [2.05, 4.69) is 25.8 Å². The van der Waals surface area contributed by atoms with Crippen molar-refractivity contribution in [3.8, 4) is 6.07 Å². The number of nitriles is 1. The van der Waals surface area contributed by atoms with E-state index in [1.807, 2.05) is 12.1 Å². The van der Waals surface area contributed by atoms with Gasteiger partial charge in [0.2, 0.25) is 0 Å². The van der Waals surface area contributed by atoms with Gasteiger partial charge in [-0.2, -0.15) is 5.26 Å². The molecule has 0 aliphatic heterocycles. The summed E-state index contributed by atoms with van der Waals surface area (Å²) in [5, 5.41) is 8.52. The van der Waals surface area contributed by atoms with E-state index in [0.29, 0.717) is 5.69 Å². The maximum atomic E-state index is 8.52. The van der Waals surface area contributed by atoms with Crippen molar-refractivity contribution in [2.24, 2.45) is 0 Å². The van der Waals surface area contributed by atoms with E-state index in [-0.39, 0.29) is 5.41 Å². The molecule has 0 spiro atoms. The highest BCUT2D eigenvalue weighted by Crippen LogP contribution is 2.20.